The molecule has 0 spiro atoms. The number of carbonyl (C=O) groups excluding carboxylic acids is 1. The molecule has 1 heterocycles. The van der Waals surface area contributed by atoms with Crippen molar-refractivity contribution in [1.29, 1.82) is 5.26 Å². The number of rotatable bonds is 2. The molecule has 0 bridgehead atoms. The summed E-state index contributed by atoms with van der Waals surface area (Å²) in [5.41, 5.74) is 7.01. The lowest BCUT2D eigenvalue weighted by molar-refractivity contribution is -0.119. The van der Waals surface area contributed by atoms with E-state index in [2.05, 4.69) is 22.0 Å². The number of phenols is 1. The van der Waals surface area contributed by atoms with Gasteiger partial charge in [-0.1, -0.05) is 13.8 Å². The quantitative estimate of drug-likeness (QED) is 0.759. The molecule has 136 valence electrons. The first kappa shape index (κ1) is 18.3. The molecule has 0 amide bonds. The molecule has 1 aliphatic carbocycles. The molecule has 1 aliphatic heterocycles. The molecular formula is C19H19BrN2O4. The molecule has 0 saturated heterocycles. The number of nitriles is 1. The molecule has 0 radical (unpaired) electrons. The summed E-state index contributed by atoms with van der Waals surface area (Å²) in [4.78, 5) is 12.9. The highest BCUT2D eigenvalue weighted by atomic mass is 79.9. The van der Waals surface area contributed by atoms with Crippen LogP contribution in [0.15, 0.2) is 39.4 Å². The normalized spacial score (nSPS) is 21.8. The second-order valence-corrected chi connectivity index (χ2v) is 8.11. The molecule has 3 N–H and O–H groups in total. The number of benzene rings is 1. The van der Waals surface area contributed by atoms with Gasteiger partial charge >= 0.3 is 0 Å². The SMILES string of the molecule is COc1cc(C2C(C#N)=C(N)OC3=C2C(=O)CC(C)(C)C3)cc(Br)c1O. The van der Waals surface area contributed by atoms with E-state index in [1.54, 1.807) is 12.1 Å². The van der Waals surface area contributed by atoms with Crippen LogP contribution in [-0.2, 0) is 9.53 Å². The zero-order valence-corrected chi connectivity index (χ0v) is 16.3. The Hall–Kier alpha value is -2.46. The van der Waals surface area contributed by atoms with Crippen molar-refractivity contribution >= 4 is 21.7 Å². The maximum atomic E-state index is 12.9. The lowest BCUT2D eigenvalue weighted by atomic mass is 9.70. The Labute approximate surface area is 160 Å². The van der Waals surface area contributed by atoms with Crippen LogP contribution in [0.1, 0.15) is 38.2 Å². The maximum Gasteiger partial charge on any atom is 0.205 e. The van der Waals surface area contributed by atoms with Gasteiger partial charge in [0.05, 0.1) is 17.5 Å². The number of Topliss-reactive ketones (excluding diaryl/α,β-unsaturated/α-hetero) is 1. The summed E-state index contributed by atoms with van der Waals surface area (Å²) in [6.45, 7) is 3.99. The van der Waals surface area contributed by atoms with Crippen molar-refractivity contribution in [3.8, 4) is 17.6 Å². The highest BCUT2D eigenvalue weighted by molar-refractivity contribution is 9.10. The van der Waals surface area contributed by atoms with Crippen molar-refractivity contribution < 1.29 is 19.4 Å². The van der Waals surface area contributed by atoms with Gasteiger partial charge in [-0.15, -0.1) is 0 Å². The third-order valence-electron chi connectivity index (χ3n) is 4.68. The van der Waals surface area contributed by atoms with Gasteiger partial charge in [0.1, 0.15) is 17.4 Å². The van der Waals surface area contributed by atoms with Crippen molar-refractivity contribution in [1.82, 2.24) is 0 Å². The van der Waals surface area contributed by atoms with Crippen LogP contribution in [0.3, 0.4) is 0 Å². The third kappa shape index (κ3) is 2.95. The van der Waals surface area contributed by atoms with Gasteiger partial charge in [0, 0.05) is 18.4 Å². The first-order valence-electron chi connectivity index (χ1n) is 8.08. The Kier molecular flexibility index (Phi) is 4.49. The summed E-state index contributed by atoms with van der Waals surface area (Å²) in [6, 6.07) is 5.35. The fourth-order valence-corrected chi connectivity index (χ4v) is 3.99. The van der Waals surface area contributed by atoms with E-state index in [4.69, 9.17) is 15.2 Å². The molecule has 0 saturated carbocycles. The predicted octanol–water partition coefficient (Wildman–Crippen LogP) is 3.61. The van der Waals surface area contributed by atoms with Crippen molar-refractivity contribution in [2.75, 3.05) is 7.11 Å². The van der Waals surface area contributed by atoms with E-state index in [1.807, 2.05) is 13.8 Å². The number of halogens is 1. The molecule has 0 aromatic heterocycles. The monoisotopic (exact) mass is 418 g/mol. The average molecular weight is 419 g/mol. The highest BCUT2D eigenvalue weighted by Gasteiger charge is 2.43. The van der Waals surface area contributed by atoms with E-state index in [-0.39, 0.29) is 34.2 Å². The molecule has 26 heavy (non-hydrogen) atoms. The van der Waals surface area contributed by atoms with Gasteiger partial charge in [-0.05, 0) is 39.0 Å². The fourth-order valence-electron chi connectivity index (χ4n) is 3.53. The fraction of sp³-hybridized carbons (Fsp3) is 0.368. The van der Waals surface area contributed by atoms with Crippen LogP contribution in [0.25, 0.3) is 0 Å². The van der Waals surface area contributed by atoms with Crippen molar-refractivity contribution in [3.63, 3.8) is 0 Å². The Morgan fingerprint density at radius 3 is 2.73 bits per heavy atom. The largest absolute Gasteiger partial charge is 0.503 e. The number of nitrogens with two attached hydrogens (primary N) is 1. The van der Waals surface area contributed by atoms with Gasteiger partial charge in [0.25, 0.3) is 0 Å². The number of methoxy groups -OCH3 is 1. The molecule has 1 aromatic carbocycles. The minimum absolute atomic E-state index is 0.00455. The van der Waals surface area contributed by atoms with E-state index < -0.39 is 5.92 Å². The van der Waals surface area contributed by atoms with E-state index in [0.29, 0.717) is 34.2 Å². The number of phenolic OH excluding ortho intramolecular Hbond substituents is 1. The van der Waals surface area contributed by atoms with Crippen LogP contribution in [0.2, 0.25) is 0 Å². The van der Waals surface area contributed by atoms with Crippen LogP contribution >= 0.6 is 15.9 Å². The van der Waals surface area contributed by atoms with Crippen LogP contribution in [0, 0.1) is 16.7 Å². The summed E-state index contributed by atoms with van der Waals surface area (Å²) in [5, 5.41) is 19.7. The molecule has 1 atom stereocenters. The van der Waals surface area contributed by atoms with Gasteiger partial charge in [-0.25, -0.2) is 0 Å². The summed E-state index contributed by atoms with van der Waals surface area (Å²) >= 11 is 3.29. The zero-order chi connectivity index (χ0) is 19.2. The molecule has 2 aliphatic rings. The summed E-state index contributed by atoms with van der Waals surface area (Å²) in [5.74, 6) is -0.0183. The van der Waals surface area contributed by atoms with Gasteiger partial charge in [0.15, 0.2) is 17.3 Å². The highest BCUT2D eigenvalue weighted by Crippen LogP contribution is 2.49. The van der Waals surface area contributed by atoms with E-state index in [1.165, 1.54) is 7.11 Å². The van der Waals surface area contributed by atoms with Gasteiger partial charge < -0.3 is 20.3 Å². The van der Waals surface area contributed by atoms with E-state index in [0.717, 1.165) is 0 Å². The van der Waals surface area contributed by atoms with Crippen molar-refractivity contribution in [2.24, 2.45) is 11.1 Å². The average Bonchev–Trinajstić information content (AvgIpc) is 2.54. The topological polar surface area (TPSA) is 106 Å². The Morgan fingerprint density at radius 1 is 1.42 bits per heavy atom. The second kappa shape index (κ2) is 6.36. The van der Waals surface area contributed by atoms with Crippen LogP contribution in [0.5, 0.6) is 11.5 Å². The number of hydrogen-bond donors (Lipinski definition) is 2. The number of allylic oxidation sites excluding steroid dienone is 3. The molecule has 1 aromatic rings. The molecule has 1 unspecified atom stereocenters. The molecule has 3 rings (SSSR count). The van der Waals surface area contributed by atoms with Gasteiger partial charge in [0.2, 0.25) is 5.88 Å². The number of hydrogen-bond acceptors (Lipinski definition) is 6. The minimum atomic E-state index is -0.654. The molecule has 7 heteroatoms. The number of nitrogens with zero attached hydrogens (tertiary/aromatic N) is 1. The lowest BCUT2D eigenvalue weighted by Gasteiger charge is -2.37. The first-order chi connectivity index (χ1) is 12.2. The van der Waals surface area contributed by atoms with Crippen molar-refractivity contribution in [2.45, 2.75) is 32.6 Å². The molecular weight excluding hydrogens is 400 g/mol. The Morgan fingerprint density at radius 2 is 2.12 bits per heavy atom. The third-order valence-corrected chi connectivity index (χ3v) is 5.28. The van der Waals surface area contributed by atoms with E-state index in [9.17, 15) is 15.2 Å². The minimum Gasteiger partial charge on any atom is -0.503 e. The number of ketones is 1. The smallest absolute Gasteiger partial charge is 0.205 e. The number of ether oxygens (including phenoxy) is 2. The van der Waals surface area contributed by atoms with Crippen LogP contribution in [-0.4, -0.2) is 18.0 Å². The molecule has 0 fully saturated rings. The predicted molar refractivity (Wildman–Crippen MR) is 98.1 cm³/mol. The summed E-state index contributed by atoms with van der Waals surface area (Å²) < 4.78 is 11.3. The van der Waals surface area contributed by atoms with Crippen LogP contribution in [0.4, 0.5) is 0 Å². The standard InChI is InChI=1S/C19H19BrN2O4/c1-19(2)6-12(23)16-14(7-19)26-18(22)10(8-21)15(16)9-4-11(20)17(24)13(5-9)25-3/h4-5,15,24H,6-7,22H2,1-3H3. The first-order valence-corrected chi connectivity index (χ1v) is 8.88. The van der Waals surface area contributed by atoms with E-state index >= 15 is 0 Å². The van der Waals surface area contributed by atoms with Gasteiger partial charge in [-0.2, -0.15) is 5.26 Å². The summed E-state index contributed by atoms with van der Waals surface area (Å²) in [6.07, 6.45) is 0.918. The molecule has 6 nitrogen and oxygen atoms in total. The van der Waals surface area contributed by atoms with Gasteiger partial charge in [-0.3, -0.25) is 4.79 Å². The lowest BCUT2D eigenvalue weighted by Crippen LogP contribution is -2.33. The number of carbonyl (C=O) groups is 1. The second-order valence-electron chi connectivity index (χ2n) is 7.26. The van der Waals surface area contributed by atoms with Crippen molar-refractivity contribution in [3.05, 3.63) is 45.0 Å². The summed E-state index contributed by atoms with van der Waals surface area (Å²) in [7, 11) is 1.43. The Balaban J connectivity index is 2.24. The zero-order valence-electron chi connectivity index (χ0n) is 14.7. The van der Waals surface area contributed by atoms with Crippen LogP contribution < -0.4 is 10.5 Å². The Bertz CT molecular complexity index is 909. The number of aromatic hydroxyl groups is 1. The maximum absolute atomic E-state index is 12.9.